The Bertz CT molecular complexity index is 662. The third-order valence-electron chi connectivity index (χ3n) is 3.11. The summed E-state index contributed by atoms with van der Waals surface area (Å²) in [4.78, 5) is 12.0. The molecule has 1 N–H and O–H groups in total. The van der Waals surface area contributed by atoms with Gasteiger partial charge in [-0.3, -0.25) is 4.79 Å². The number of halogens is 1. The lowest BCUT2D eigenvalue weighted by Gasteiger charge is -2.12. The standard InChI is InChI=1S/C17H18ClNO3/c1-11-7-12(2)17(15(18)8-11)19-16(20)10-22-14-6-4-5-13(9-14)21-3/h4-9H,10H2,1-3H3,(H,19,20). The second-order valence-electron chi connectivity index (χ2n) is 4.95. The molecule has 0 aliphatic heterocycles. The van der Waals surface area contributed by atoms with Gasteiger partial charge >= 0.3 is 0 Å². The summed E-state index contributed by atoms with van der Waals surface area (Å²) in [5.41, 5.74) is 2.58. The van der Waals surface area contributed by atoms with Gasteiger partial charge in [0.1, 0.15) is 11.5 Å². The average Bonchev–Trinajstić information content (AvgIpc) is 2.49. The molecule has 4 nitrogen and oxygen atoms in total. The third kappa shape index (κ3) is 4.15. The molecule has 0 aliphatic carbocycles. The number of methoxy groups -OCH3 is 1. The third-order valence-corrected chi connectivity index (χ3v) is 3.41. The van der Waals surface area contributed by atoms with Crippen LogP contribution in [-0.4, -0.2) is 19.6 Å². The second kappa shape index (κ2) is 7.18. The van der Waals surface area contributed by atoms with Crippen molar-refractivity contribution >= 4 is 23.2 Å². The zero-order chi connectivity index (χ0) is 16.1. The number of aryl methyl sites for hydroxylation is 2. The van der Waals surface area contributed by atoms with Crippen molar-refractivity contribution in [2.45, 2.75) is 13.8 Å². The van der Waals surface area contributed by atoms with Crippen LogP contribution in [0.1, 0.15) is 11.1 Å². The quantitative estimate of drug-likeness (QED) is 0.906. The first kappa shape index (κ1) is 16.2. The van der Waals surface area contributed by atoms with E-state index in [2.05, 4.69) is 5.32 Å². The van der Waals surface area contributed by atoms with Crippen LogP contribution in [0.5, 0.6) is 11.5 Å². The number of ether oxygens (including phenoxy) is 2. The van der Waals surface area contributed by atoms with E-state index in [0.717, 1.165) is 11.1 Å². The van der Waals surface area contributed by atoms with Crippen LogP contribution in [0, 0.1) is 13.8 Å². The molecule has 116 valence electrons. The van der Waals surface area contributed by atoms with E-state index in [1.165, 1.54) is 0 Å². The van der Waals surface area contributed by atoms with Gasteiger partial charge in [0.15, 0.2) is 6.61 Å². The monoisotopic (exact) mass is 319 g/mol. The molecule has 0 heterocycles. The number of amides is 1. The molecule has 2 aromatic carbocycles. The van der Waals surface area contributed by atoms with Gasteiger partial charge in [-0.2, -0.15) is 0 Å². The summed E-state index contributed by atoms with van der Waals surface area (Å²) in [5.74, 6) is 0.980. The van der Waals surface area contributed by atoms with E-state index in [-0.39, 0.29) is 12.5 Å². The van der Waals surface area contributed by atoms with Crippen molar-refractivity contribution in [3.05, 3.63) is 52.5 Å². The van der Waals surface area contributed by atoms with Crippen molar-refractivity contribution in [1.82, 2.24) is 0 Å². The topological polar surface area (TPSA) is 47.6 Å². The molecule has 2 rings (SSSR count). The van der Waals surface area contributed by atoms with Crippen LogP contribution in [0.25, 0.3) is 0 Å². The van der Waals surface area contributed by atoms with Crippen LogP contribution in [0.15, 0.2) is 36.4 Å². The van der Waals surface area contributed by atoms with Crippen LogP contribution >= 0.6 is 11.6 Å². The van der Waals surface area contributed by atoms with E-state index < -0.39 is 0 Å². The fourth-order valence-electron chi connectivity index (χ4n) is 2.09. The molecule has 0 aromatic heterocycles. The highest BCUT2D eigenvalue weighted by molar-refractivity contribution is 6.34. The smallest absolute Gasteiger partial charge is 0.262 e. The van der Waals surface area contributed by atoms with E-state index in [1.807, 2.05) is 32.0 Å². The number of carbonyl (C=O) groups is 1. The molecule has 0 fully saturated rings. The lowest BCUT2D eigenvalue weighted by molar-refractivity contribution is -0.118. The minimum atomic E-state index is -0.267. The van der Waals surface area contributed by atoms with Crippen LogP contribution in [0.2, 0.25) is 5.02 Å². The van der Waals surface area contributed by atoms with E-state index >= 15 is 0 Å². The van der Waals surface area contributed by atoms with E-state index in [0.29, 0.717) is 22.2 Å². The Balaban J connectivity index is 1.99. The Hall–Kier alpha value is -2.20. The molecule has 22 heavy (non-hydrogen) atoms. The Kier molecular flexibility index (Phi) is 5.28. The van der Waals surface area contributed by atoms with Gasteiger partial charge < -0.3 is 14.8 Å². The van der Waals surface area contributed by atoms with Crippen molar-refractivity contribution in [3.63, 3.8) is 0 Å². The number of benzene rings is 2. The highest BCUT2D eigenvalue weighted by Gasteiger charge is 2.10. The average molecular weight is 320 g/mol. The lowest BCUT2D eigenvalue weighted by Crippen LogP contribution is -2.21. The zero-order valence-electron chi connectivity index (χ0n) is 12.8. The number of anilines is 1. The summed E-state index contributed by atoms with van der Waals surface area (Å²) in [6.07, 6.45) is 0. The summed E-state index contributed by atoms with van der Waals surface area (Å²) in [6.45, 7) is 3.75. The van der Waals surface area contributed by atoms with Gasteiger partial charge in [-0.25, -0.2) is 0 Å². The summed E-state index contributed by atoms with van der Waals surface area (Å²) >= 11 is 6.16. The number of hydrogen-bond acceptors (Lipinski definition) is 3. The summed E-state index contributed by atoms with van der Waals surface area (Å²) in [5, 5.41) is 3.30. The molecule has 0 saturated heterocycles. The normalized spacial score (nSPS) is 10.2. The van der Waals surface area contributed by atoms with Gasteiger partial charge in [-0.1, -0.05) is 23.7 Å². The Morgan fingerprint density at radius 1 is 1.18 bits per heavy atom. The van der Waals surface area contributed by atoms with E-state index in [1.54, 1.807) is 25.3 Å². The van der Waals surface area contributed by atoms with Crippen LogP contribution in [0.3, 0.4) is 0 Å². The predicted octanol–water partition coefficient (Wildman–Crippen LogP) is 3.98. The fraction of sp³-hybridized carbons (Fsp3) is 0.235. The van der Waals surface area contributed by atoms with Crippen LogP contribution < -0.4 is 14.8 Å². The number of nitrogens with one attached hydrogen (secondary N) is 1. The molecule has 0 unspecified atom stereocenters. The first-order valence-electron chi connectivity index (χ1n) is 6.83. The molecule has 0 bridgehead atoms. The van der Waals surface area contributed by atoms with Crippen LogP contribution in [-0.2, 0) is 4.79 Å². The lowest BCUT2D eigenvalue weighted by atomic mass is 10.1. The van der Waals surface area contributed by atoms with Gasteiger partial charge in [0.2, 0.25) is 0 Å². The maximum atomic E-state index is 12.0. The highest BCUT2D eigenvalue weighted by atomic mass is 35.5. The maximum Gasteiger partial charge on any atom is 0.262 e. The van der Waals surface area contributed by atoms with Gasteiger partial charge in [-0.05, 0) is 43.2 Å². The summed E-state index contributed by atoms with van der Waals surface area (Å²) in [7, 11) is 1.58. The van der Waals surface area contributed by atoms with Crippen molar-refractivity contribution in [3.8, 4) is 11.5 Å². The molecule has 5 heteroatoms. The number of carbonyl (C=O) groups excluding carboxylic acids is 1. The Morgan fingerprint density at radius 3 is 2.59 bits per heavy atom. The fourth-order valence-corrected chi connectivity index (χ4v) is 2.46. The van der Waals surface area contributed by atoms with Gasteiger partial charge in [-0.15, -0.1) is 0 Å². The van der Waals surface area contributed by atoms with Crippen molar-refractivity contribution in [1.29, 1.82) is 0 Å². The Labute approximate surface area is 135 Å². The highest BCUT2D eigenvalue weighted by Crippen LogP contribution is 2.27. The second-order valence-corrected chi connectivity index (χ2v) is 5.36. The van der Waals surface area contributed by atoms with Crippen molar-refractivity contribution in [2.24, 2.45) is 0 Å². The van der Waals surface area contributed by atoms with Gasteiger partial charge in [0.25, 0.3) is 5.91 Å². The van der Waals surface area contributed by atoms with Crippen molar-refractivity contribution in [2.75, 3.05) is 19.0 Å². The minimum Gasteiger partial charge on any atom is -0.497 e. The molecule has 2 aromatic rings. The molecular weight excluding hydrogens is 302 g/mol. The maximum absolute atomic E-state index is 12.0. The Morgan fingerprint density at radius 2 is 1.91 bits per heavy atom. The van der Waals surface area contributed by atoms with Gasteiger partial charge in [0.05, 0.1) is 17.8 Å². The number of hydrogen-bond donors (Lipinski definition) is 1. The molecule has 1 amide bonds. The van der Waals surface area contributed by atoms with Crippen LogP contribution in [0.4, 0.5) is 5.69 Å². The molecule has 0 spiro atoms. The first-order valence-corrected chi connectivity index (χ1v) is 7.21. The largest absolute Gasteiger partial charge is 0.497 e. The van der Waals surface area contributed by atoms with E-state index in [9.17, 15) is 4.79 Å². The minimum absolute atomic E-state index is 0.100. The SMILES string of the molecule is COc1cccc(OCC(=O)Nc2c(C)cc(C)cc2Cl)c1. The molecule has 0 saturated carbocycles. The first-order chi connectivity index (χ1) is 10.5. The molecule has 0 radical (unpaired) electrons. The van der Waals surface area contributed by atoms with Gasteiger partial charge in [0, 0.05) is 6.07 Å². The zero-order valence-corrected chi connectivity index (χ0v) is 13.5. The summed E-state index contributed by atoms with van der Waals surface area (Å²) < 4.78 is 10.6. The molecular formula is C17H18ClNO3. The van der Waals surface area contributed by atoms with Crippen molar-refractivity contribution < 1.29 is 14.3 Å². The van der Waals surface area contributed by atoms with E-state index in [4.69, 9.17) is 21.1 Å². The molecule has 0 aliphatic rings. The summed E-state index contributed by atoms with van der Waals surface area (Å²) in [6, 6.07) is 10.9. The predicted molar refractivity (Wildman–Crippen MR) is 88.0 cm³/mol. The number of rotatable bonds is 5. The molecule has 0 atom stereocenters.